The van der Waals surface area contributed by atoms with Crippen molar-refractivity contribution in [3.8, 4) is 11.1 Å². The number of fused-ring (bicyclic) bond motifs is 1. The van der Waals surface area contributed by atoms with E-state index in [1.165, 1.54) is 10.9 Å². The van der Waals surface area contributed by atoms with Crippen LogP contribution in [-0.2, 0) is 7.05 Å². The predicted octanol–water partition coefficient (Wildman–Crippen LogP) is 2.64. The third-order valence-corrected chi connectivity index (χ3v) is 2.70. The molecule has 0 bridgehead atoms. The zero-order valence-corrected chi connectivity index (χ0v) is 8.96. The van der Waals surface area contributed by atoms with Gasteiger partial charge in [0.15, 0.2) is 0 Å². The molecule has 3 rings (SSSR count). The molecule has 0 spiro atoms. The molecule has 0 radical (unpaired) electrons. The van der Waals surface area contributed by atoms with E-state index in [-0.39, 0.29) is 0 Å². The fraction of sp³-hybridized carbons (Fsp3) is 0.0769. The van der Waals surface area contributed by atoms with Gasteiger partial charge in [0.25, 0.3) is 0 Å². The molecule has 0 aliphatic heterocycles. The maximum Gasteiger partial charge on any atom is 0.0568 e. The molecular weight excluding hydrogens is 198 g/mol. The quantitative estimate of drug-likeness (QED) is 0.616. The van der Waals surface area contributed by atoms with Crippen LogP contribution in [0.15, 0.2) is 49.1 Å². The molecule has 78 valence electrons. The molecule has 3 aromatic rings. The molecule has 0 N–H and O–H groups in total. The topological polar surface area (TPSA) is 30.7 Å². The average molecular weight is 209 g/mol. The molecule has 0 aliphatic rings. The first-order chi connectivity index (χ1) is 7.84. The molecule has 16 heavy (non-hydrogen) atoms. The van der Waals surface area contributed by atoms with Crippen LogP contribution < -0.4 is 0 Å². The van der Waals surface area contributed by atoms with Crippen LogP contribution in [-0.4, -0.2) is 14.8 Å². The molecule has 1 aromatic carbocycles. The summed E-state index contributed by atoms with van der Waals surface area (Å²) >= 11 is 0. The second-order valence-electron chi connectivity index (χ2n) is 3.81. The smallest absolute Gasteiger partial charge is 0.0568 e. The van der Waals surface area contributed by atoms with Gasteiger partial charge in [0.1, 0.15) is 0 Å². The molecule has 0 aliphatic carbocycles. The van der Waals surface area contributed by atoms with Gasteiger partial charge in [-0.3, -0.25) is 9.67 Å². The first-order valence-electron chi connectivity index (χ1n) is 5.16. The van der Waals surface area contributed by atoms with Gasteiger partial charge in [-0.2, -0.15) is 5.10 Å². The Morgan fingerprint density at radius 1 is 1.12 bits per heavy atom. The number of nitrogens with zero attached hydrogens (tertiary/aromatic N) is 3. The van der Waals surface area contributed by atoms with Crippen LogP contribution in [0.25, 0.3) is 21.9 Å². The number of pyridine rings is 1. The number of hydrogen-bond donors (Lipinski definition) is 0. The molecule has 0 saturated carbocycles. The minimum absolute atomic E-state index is 1.13. The highest BCUT2D eigenvalue weighted by atomic mass is 15.2. The van der Waals surface area contributed by atoms with Crippen LogP contribution in [0.4, 0.5) is 0 Å². The molecule has 3 heteroatoms. The zero-order chi connectivity index (χ0) is 11.0. The SMILES string of the molecule is Cn1cc(-c2cccc3ccncc23)cn1. The van der Waals surface area contributed by atoms with E-state index in [0.717, 1.165) is 10.9 Å². The van der Waals surface area contributed by atoms with E-state index in [4.69, 9.17) is 0 Å². The van der Waals surface area contributed by atoms with Crippen molar-refractivity contribution < 1.29 is 0 Å². The minimum Gasteiger partial charge on any atom is -0.275 e. The van der Waals surface area contributed by atoms with Crippen LogP contribution >= 0.6 is 0 Å². The molecule has 3 nitrogen and oxygen atoms in total. The highest BCUT2D eigenvalue weighted by Gasteiger charge is 2.04. The molecule has 0 fully saturated rings. The molecule has 0 saturated heterocycles. The van der Waals surface area contributed by atoms with Crippen LogP contribution in [0, 0.1) is 0 Å². The van der Waals surface area contributed by atoms with Gasteiger partial charge in [0, 0.05) is 36.6 Å². The molecule has 0 amide bonds. The van der Waals surface area contributed by atoms with Gasteiger partial charge in [0.2, 0.25) is 0 Å². The third kappa shape index (κ3) is 1.37. The van der Waals surface area contributed by atoms with Gasteiger partial charge in [-0.05, 0) is 17.0 Å². The van der Waals surface area contributed by atoms with Crippen molar-refractivity contribution in [3.63, 3.8) is 0 Å². The van der Waals surface area contributed by atoms with Crippen LogP contribution in [0.2, 0.25) is 0 Å². The molecule has 0 unspecified atom stereocenters. The molecule has 0 atom stereocenters. The van der Waals surface area contributed by atoms with E-state index in [0.29, 0.717) is 0 Å². The van der Waals surface area contributed by atoms with Crippen molar-refractivity contribution in [3.05, 3.63) is 49.1 Å². The fourth-order valence-electron chi connectivity index (χ4n) is 1.93. The van der Waals surface area contributed by atoms with Gasteiger partial charge < -0.3 is 0 Å². The summed E-state index contributed by atoms with van der Waals surface area (Å²) < 4.78 is 1.81. The van der Waals surface area contributed by atoms with Crippen LogP contribution in [0.5, 0.6) is 0 Å². The van der Waals surface area contributed by atoms with Crippen molar-refractivity contribution in [1.82, 2.24) is 14.8 Å². The van der Waals surface area contributed by atoms with E-state index in [1.807, 2.05) is 42.6 Å². The lowest BCUT2D eigenvalue weighted by Crippen LogP contribution is -1.84. The summed E-state index contributed by atoms with van der Waals surface area (Å²) in [5, 5.41) is 6.57. The Bertz CT molecular complexity index is 635. The summed E-state index contributed by atoms with van der Waals surface area (Å²) in [4.78, 5) is 4.18. The van der Waals surface area contributed by atoms with Crippen LogP contribution in [0.3, 0.4) is 0 Å². The number of aromatic nitrogens is 3. The summed E-state index contributed by atoms with van der Waals surface area (Å²) in [7, 11) is 1.92. The molecule has 2 heterocycles. The van der Waals surface area contributed by atoms with Gasteiger partial charge in [-0.15, -0.1) is 0 Å². The Kier molecular flexibility index (Phi) is 1.96. The summed E-state index contributed by atoms with van der Waals surface area (Å²) in [6.45, 7) is 0. The van der Waals surface area contributed by atoms with E-state index < -0.39 is 0 Å². The van der Waals surface area contributed by atoms with Crippen LogP contribution in [0.1, 0.15) is 0 Å². The van der Waals surface area contributed by atoms with Crippen molar-refractivity contribution >= 4 is 10.8 Å². The number of aryl methyl sites for hydroxylation is 1. The Hall–Kier alpha value is -2.16. The highest BCUT2D eigenvalue weighted by Crippen LogP contribution is 2.27. The monoisotopic (exact) mass is 209 g/mol. The van der Waals surface area contributed by atoms with Gasteiger partial charge >= 0.3 is 0 Å². The normalized spacial score (nSPS) is 10.8. The third-order valence-electron chi connectivity index (χ3n) is 2.70. The maximum absolute atomic E-state index is 4.20. The van der Waals surface area contributed by atoms with E-state index in [2.05, 4.69) is 28.3 Å². The first-order valence-corrected chi connectivity index (χ1v) is 5.16. The minimum atomic E-state index is 1.13. The zero-order valence-electron chi connectivity index (χ0n) is 8.96. The summed E-state index contributed by atoms with van der Waals surface area (Å²) in [5.41, 5.74) is 2.31. The van der Waals surface area contributed by atoms with E-state index in [1.54, 1.807) is 0 Å². The summed E-state index contributed by atoms with van der Waals surface area (Å²) in [6, 6.07) is 8.28. The molecule has 2 aromatic heterocycles. The summed E-state index contributed by atoms with van der Waals surface area (Å²) in [5.74, 6) is 0. The Labute approximate surface area is 93.4 Å². The first kappa shape index (κ1) is 9.09. The molecular formula is C13H11N3. The predicted molar refractivity (Wildman–Crippen MR) is 63.9 cm³/mol. The number of rotatable bonds is 1. The van der Waals surface area contributed by atoms with E-state index >= 15 is 0 Å². The van der Waals surface area contributed by atoms with Crippen molar-refractivity contribution in [1.29, 1.82) is 0 Å². The van der Waals surface area contributed by atoms with Gasteiger partial charge in [0.05, 0.1) is 6.20 Å². The van der Waals surface area contributed by atoms with Gasteiger partial charge in [-0.25, -0.2) is 0 Å². The lowest BCUT2D eigenvalue weighted by molar-refractivity contribution is 0.768. The Balaban J connectivity index is 2.31. The van der Waals surface area contributed by atoms with Crippen molar-refractivity contribution in [2.45, 2.75) is 0 Å². The number of benzene rings is 1. The summed E-state index contributed by atoms with van der Waals surface area (Å²) in [6.07, 6.45) is 7.61. The van der Waals surface area contributed by atoms with Crippen molar-refractivity contribution in [2.75, 3.05) is 0 Å². The second kappa shape index (κ2) is 3.45. The Morgan fingerprint density at radius 3 is 2.88 bits per heavy atom. The standard InChI is InChI=1S/C13H11N3/c1-16-9-11(7-15-16)12-4-2-3-10-5-6-14-8-13(10)12/h2-9H,1H3. The number of hydrogen-bond acceptors (Lipinski definition) is 2. The van der Waals surface area contributed by atoms with E-state index in [9.17, 15) is 0 Å². The second-order valence-corrected chi connectivity index (χ2v) is 3.81. The Morgan fingerprint density at radius 2 is 2.06 bits per heavy atom. The maximum atomic E-state index is 4.20. The van der Waals surface area contributed by atoms with Gasteiger partial charge in [-0.1, -0.05) is 18.2 Å². The average Bonchev–Trinajstić information content (AvgIpc) is 2.75. The fourth-order valence-corrected chi connectivity index (χ4v) is 1.93. The largest absolute Gasteiger partial charge is 0.275 e. The van der Waals surface area contributed by atoms with Crippen molar-refractivity contribution in [2.24, 2.45) is 7.05 Å². The highest BCUT2D eigenvalue weighted by molar-refractivity contribution is 5.95. The lowest BCUT2D eigenvalue weighted by Gasteiger charge is -2.02. The lowest BCUT2D eigenvalue weighted by atomic mass is 10.0.